The normalized spacial score (nSPS) is 17.4. The zero-order chi connectivity index (χ0) is 17.6. The molecule has 1 atom stereocenters. The number of hydrogen-bond donors (Lipinski definition) is 0. The Balaban J connectivity index is 1.94. The highest BCUT2D eigenvalue weighted by Crippen LogP contribution is 2.35. The second kappa shape index (κ2) is 7.79. The van der Waals surface area contributed by atoms with Crippen molar-refractivity contribution in [3.05, 3.63) is 83.6 Å². The summed E-state index contributed by atoms with van der Waals surface area (Å²) in [4.78, 5) is 11.8. The predicted octanol–water partition coefficient (Wildman–Crippen LogP) is 4.30. The van der Waals surface area contributed by atoms with Crippen LogP contribution in [0.2, 0.25) is 0 Å². The van der Waals surface area contributed by atoms with Gasteiger partial charge in [-0.15, -0.1) is 0 Å². The highest BCUT2D eigenvalue weighted by atomic mass is 16.5. The van der Waals surface area contributed by atoms with Crippen LogP contribution < -0.4 is 0 Å². The standard InChI is InChI=1S/C21H22N2O2/c1-3-25-21(24)14-16(2)23-20(18-12-8-5-9-13-18)15-19(22-23)17-10-6-4-7-11-17/h4-14,20H,3,15H2,1-2H3/b16-14-/t20-/m0/s1. The first-order chi connectivity index (χ1) is 12.2. The molecule has 25 heavy (non-hydrogen) atoms. The highest BCUT2D eigenvalue weighted by Gasteiger charge is 2.29. The summed E-state index contributed by atoms with van der Waals surface area (Å²) in [7, 11) is 0. The third kappa shape index (κ3) is 3.97. The van der Waals surface area contributed by atoms with Crippen molar-refractivity contribution in [3.8, 4) is 0 Å². The number of rotatable bonds is 5. The summed E-state index contributed by atoms with van der Waals surface area (Å²) in [5.41, 5.74) is 4.08. The molecule has 0 aromatic heterocycles. The molecule has 4 heteroatoms. The lowest BCUT2D eigenvalue weighted by molar-refractivity contribution is -0.137. The molecule has 4 nitrogen and oxygen atoms in total. The second-order valence-electron chi connectivity index (χ2n) is 5.93. The average Bonchev–Trinajstić information content (AvgIpc) is 3.09. The highest BCUT2D eigenvalue weighted by molar-refractivity contribution is 6.02. The van der Waals surface area contributed by atoms with Crippen LogP contribution in [-0.2, 0) is 9.53 Å². The molecule has 2 aromatic carbocycles. The monoisotopic (exact) mass is 334 g/mol. The van der Waals surface area contributed by atoms with Gasteiger partial charge < -0.3 is 4.74 Å². The molecular formula is C21H22N2O2. The Kier molecular flexibility index (Phi) is 5.29. The van der Waals surface area contributed by atoms with Gasteiger partial charge in [-0.3, -0.25) is 5.01 Å². The lowest BCUT2D eigenvalue weighted by Gasteiger charge is -2.24. The van der Waals surface area contributed by atoms with Crippen molar-refractivity contribution in [1.82, 2.24) is 5.01 Å². The fourth-order valence-corrected chi connectivity index (χ4v) is 3.00. The molecule has 128 valence electrons. The topological polar surface area (TPSA) is 41.9 Å². The fraction of sp³-hybridized carbons (Fsp3) is 0.238. The van der Waals surface area contributed by atoms with Crippen LogP contribution in [0, 0.1) is 0 Å². The van der Waals surface area contributed by atoms with E-state index in [1.807, 2.05) is 48.3 Å². The molecule has 0 amide bonds. The van der Waals surface area contributed by atoms with E-state index in [1.165, 1.54) is 11.6 Å². The first-order valence-corrected chi connectivity index (χ1v) is 8.51. The molecule has 0 saturated carbocycles. The van der Waals surface area contributed by atoms with E-state index in [-0.39, 0.29) is 12.0 Å². The zero-order valence-corrected chi connectivity index (χ0v) is 14.6. The van der Waals surface area contributed by atoms with Gasteiger partial charge in [-0.25, -0.2) is 4.79 Å². The summed E-state index contributed by atoms with van der Waals surface area (Å²) in [6, 6.07) is 20.5. The van der Waals surface area contributed by atoms with Crippen LogP contribution >= 0.6 is 0 Å². The van der Waals surface area contributed by atoms with Crippen LogP contribution in [0.15, 0.2) is 77.5 Å². The van der Waals surface area contributed by atoms with E-state index in [2.05, 4.69) is 24.3 Å². The van der Waals surface area contributed by atoms with Crippen LogP contribution in [0.25, 0.3) is 0 Å². The van der Waals surface area contributed by atoms with E-state index in [0.29, 0.717) is 6.61 Å². The van der Waals surface area contributed by atoms with Gasteiger partial charge in [0, 0.05) is 18.2 Å². The van der Waals surface area contributed by atoms with Crippen molar-refractivity contribution in [1.29, 1.82) is 0 Å². The number of hydrogen-bond acceptors (Lipinski definition) is 4. The number of allylic oxidation sites excluding steroid dienone is 1. The Bertz CT molecular complexity index is 782. The lowest BCUT2D eigenvalue weighted by atomic mass is 9.98. The Morgan fingerprint density at radius 3 is 2.44 bits per heavy atom. The van der Waals surface area contributed by atoms with E-state index < -0.39 is 0 Å². The predicted molar refractivity (Wildman–Crippen MR) is 99.0 cm³/mol. The molecule has 3 rings (SSSR count). The van der Waals surface area contributed by atoms with Crippen LogP contribution in [-0.4, -0.2) is 23.3 Å². The first kappa shape index (κ1) is 17.0. The van der Waals surface area contributed by atoms with Gasteiger partial charge in [0.25, 0.3) is 0 Å². The minimum Gasteiger partial charge on any atom is -0.463 e. The molecule has 0 spiro atoms. The lowest BCUT2D eigenvalue weighted by Crippen LogP contribution is -2.18. The molecule has 0 bridgehead atoms. The Morgan fingerprint density at radius 2 is 1.80 bits per heavy atom. The summed E-state index contributed by atoms with van der Waals surface area (Å²) >= 11 is 0. The molecule has 1 heterocycles. The SMILES string of the molecule is CCOC(=O)/C=C(/C)N1N=C(c2ccccc2)C[C@H]1c1ccccc1. The van der Waals surface area contributed by atoms with E-state index in [9.17, 15) is 4.79 Å². The van der Waals surface area contributed by atoms with Crippen molar-refractivity contribution in [2.24, 2.45) is 5.10 Å². The van der Waals surface area contributed by atoms with Crippen molar-refractivity contribution in [2.45, 2.75) is 26.3 Å². The summed E-state index contributed by atoms with van der Waals surface area (Å²) in [5.74, 6) is -0.338. The molecule has 2 aromatic rings. The third-order valence-corrected chi connectivity index (χ3v) is 4.18. The van der Waals surface area contributed by atoms with Crippen LogP contribution in [0.5, 0.6) is 0 Å². The molecule has 0 radical (unpaired) electrons. The smallest absolute Gasteiger partial charge is 0.332 e. The zero-order valence-electron chi connectivity index (χ0n) is 14.6. The Hall–Kier alpha value is -2.88. The van der Waals surface area contributed by atoms with E-state index in [4.69, 9.17) is 9.84 Å². The molecule has 1 aliphatic rings. The van der Waals surface area contributed by atoms with E-state index in [0.717, 1.165) is 23.4 Å². The van der Waals surface area contributed by atoms with Crippen LogP contribution in [0.3, 0.4) is 0 Å². The summed E-state index contributed by atoms with van der Waals surface area (Å²) in [5, 5.41) is 6.73. The number of esters is 1. The minimum atomic E-state index is -0.338. The molecule has 0 N–H and O–H groups in total. The number of hydrazone groups is 1. The van der Waals surface area contributed by atoms with Crippen molar-refractivity contribution in [3.63, 3.8) is 0 Å². The molecule has 0 fully saturated rings. The minimum absolute atomic E-state index is 0.0714. The maximum Gasteiger partial charge on any atom is 0.332 e. The number of benzene rings is 2. The van der Waals surface area contributed by atoms with Gasteiger partial charge in [-0.2, -0.15) is 5.10 Å². The fourth-order valence-electron chi connectivity index (χ4n) is 3.00. The van der Waals surface area contributed by atoms with E-state index in [1.54, 1.807) is 6.92 Å². The van der Waals surface area contributed by atoms with Crippen LogP contribution in [0.4, 0.5) is 0 Å². The van der Waals surface area contributed by atoms with E-state index >= 15 is 0 Å². The van der Waals surface area contributed by atoms with Crippen molar-refractivity contribution < 1.29 is 9.53 Å². The van der Waals surface area contributed by atoms with Crippen molar-refractivity contribution in [2.75, 3.05) is 6.61 Å². The second-order valence-corrected chi connectivity index (χ2v) is 5.93. The summed E-state index contributed by atoms with van der Waals surface area (Å²) in [6.45, 7) is 4.06. The number of carbonyl (C=O) groups excluding carboxylic acids is 1. The Labute approximate surface area is 148 Å². The van der Waals surface area contributed by atoms with Gasteiger partial charge >= 0.3 is 5.97 Å². The molecule has 1 aliphatic heterocycles. The first-order valence-electron chi connectivity index (χ1n) is 8.51. The third-order valence-electron chi connectivity index (χ3n) is 4.18. The maximum atomic E-state index is 11.8. The quantitative estimate of drug-likeness (QED) is 0.604. The van der Waals surface area contributed by atoms with Gasteiger partial charge in [0.2, 0.25) is 0 Å². The number of carbonyl (C=O) groups is 1. The van der Waals surface area contributed by atoms with Crippen molar-refractivity contribution >= 4 is 11.7 Å². The van der Waals surface area contributed by atoms with Gasteiger partial charge in [0.05, 0.1) is 18.4 Å². The maximum absolute atomic E-state index is 11.8. The molecule has 0 saturated heterocycles. The largest absolute Gasteiger partial charge is 0.463 e. The van der Waals surface area contributed by atoms with Gasteiger partial charge in [-0.1, -0.05) is 60.7 Å². The average molecular weight is 334 g/mol. The van der Waals surface area contributed by atoms with Crippen LogP contribution in [0.1, 0.15) is 37.4 Å². The number of ether oxygens (including phenoxy) is 1. The molecule has 0 aliphatic carbocycles. The Morgan fingerprint density at radius 1 is 1.16 bits per heavy atom. The summed E-state index contributed by atoms with van der Waals surface area (Å²) in [6.07, 6.45) is 2.30. The molecular weight excluding hydrogens is 312 g/mol. The van der Waals surface area contributed by atoms with Gasteiger partial charge in [0.1, 0.15) is 0 Å². The van der Waals surface area contributed by atoms with Gasteiger partial charge in [-0.05, 0) is 25.0 Å². The van der Waals surface area contributed by atoms with Gasteiger partial charge in [0.15, 0.2) is 0 Å². The number of nitrogens with zero attached hydrogens (tertiary/aromatic N) is 2. The molecule has 0 unspecified atom stereocenters. The summed E-state index contributed by atoms with van der Waals surface area (Å²) < 4.78 is 5.03.